The van der Waals surface area contributed by atoms with Gasteiger partial charge in [-0.1, -0.05) is 30.3 Å². The highest BCUT2D eigenvalue weighted by Crippen LogP contribution is 2.41. The molecule has 0 saturated heterocycles. The van der Waals surface area contributed by atoms with Gasteiger partial charge in [0.2, 0.25) is 5.78 Å². The fourth-order valence-corrected chi connectivity index (χ4v) is 4.39. The fraction of sp³-hybridized carbons (Fsp3) is 0.0500. The van der Waals surface area contributed by atoms with E-state index in [1.807, 2.05) is 0 Å². The maximum Gasteiger partial charge on any atom is 0.431 e. The minimum Gasteiger partial charge on any atom is -0.304 e. The van der Waals surface area contributed by atoms with Crippen LogP contribution < -0.4 is 0 Å². The summed E-state index contributed by atoms with van der Waals surface area (Å²) in [5.74, 6) is -0.409. The van der Waals surface area contributed by atoms with Crippen LogP contribution in [0.5, 0.6) is 0 Å². The number of para-hydroxylation sites is 1. The fourth-order valence-electron chi connectivity index (χ4n) is 2.93. The van der Waals surface area contributed by atoms with Crippen molar-refractivity contribution in [2.75, 3.05) is 0 Å². The third-order valence-corrected chi connectivity index (χ3v) is 5.79. The molecule has 3 heterocycles. The first kappa shape index (κ1) is 17.8. The second-order valence-corrected chi connectivity index (χ2v) is 7.64. The van der Waals surface area contributed by atoms with Crippen molar-refractivity contribution in [2.45, 2.75) is 6.18 Å². The zero-order valence-electron chi connectivity index (χ0n) is 13.7. The van der Waals surface area contributed by atoms with Gasteiger partial charge < -0.3 is 4.57 Å². The van der Waals surface area contributed by atoms with Crippen molar-refractivity contribution in [3.63, 3.8) is 0 Å². The van der Waals surface area contributed by atoms with Crippen LogP contribution in [0.25, 0.3) is 16.3 Å². The lowest BCUT2D eigenvalue weighted by molar-refractivity contribution is -0.142. The van der Waals surface area contributed by atoms with E-state index in [0.717, 1.165) is 10.6 Å². The van der Waals surface area contributed by atoms with E-state index in [1.165, 1.54) is 22.7 Å². The molecule has 7 heteroatoms. The maximum absolute atomic E-state index is 13.8. The van der Waals surface area contributed by atoms with Crippen LogP contribution in [0.2, 0.25) is 0 Å². The Labute approximate surface area is 161 Å². The molecule has 0 atom stereocenters. The Hall–Kier alpha value is -2.64. The van der Waals surface area contributed by atoms with E-state index in [4.69, 9.17) is 0 Å². The smallest absolute Gasteiger partial charge is 0.304 e. The second-order valence-electron chi connectivity index (χ2n) is 5.74. The molecule has 136 valence electrons. The van der Waals surface area contributed by atoms with Gasteiger partial charge >= 0.3 is 6.18 Å². The third kappa shape index (κ3) is 3.24. The Kier molecular flexibility index (Phi) is 4.49. The normalized spacial score (nSPS) is 11.7. The number of aromatic nitrogens is 1. The van der Waals surface area contributed by atoms with Gasteiger partial charge in [-0.25, -0.2) is 0 Å². The molecule has 0 spiro atoms. The van der Waals surface area contributed by atoms with Gasteiger partial charge in [0.25, 0.3) is 0 Å². The average molecular weight is 403 g/mol. The summed E-state index contributed by atoms with van der Waals surface area (Å²) < 4.78 is 42.7. The highest BCUT2D eigenvalue weighted by atomic mass is 32.1. The number of ketones is 1. The van der Waals surface area contributed by atoms with Crippen molar-refractivity contribution in [1.29, 1.82) is 0 Å². The molecular formula is C20H12F3NOS2. The first-order chi connectivity index (χ1) is 13.0. The lowest BCUT2D eigenvalue weighted by Gasteiger charge is -2.15. The van der Waals surface area contributed by atoms with Crippen LogP contribution in [0.1, 0.15) is 20.9 Å². The topological polar surface area (TPSA) is 22.0 Å². The molecule has 1 aromatic carbocycles. The van der Waals surface area contributed by atoms with Crippen LogP contribution in [-0.4, -0.2) is 10.4 Å². The van der Waals surface area contributed by atoms with Gasteiger partial charge in [0, 0.05) is 5.69 Å². The quantitative estimate of drug-likeness (QED) is 0.356. The molecule has 0 unspecified atom stereocenters. The van der Waals surface area contributed by atoms with Gasteiger partial charge in [0.05, 0.1) is 21.0 Å². The molecule has 0 fully saturated rings. The highest BCUT2D eigenvalue weighted by Gasteiger charge is 2.39. The maximum atomic E-state index is 13.8. The summed E-state index contributed by atoms with van der Waals surface area (Å²) in [7, 11) is 0. The summed E-state index contributed by atoms with van der Waals surface area (Å²) in [6.45, 7) is 0. The summed E-state index contributed by atoms with van der Waals surface area (Å²) >= 11 is 2.51. The van der Waals surface area contributed by atoms with Crippen molar-refractivity contribution in [3.8, 4) is 16.3 Å². The number of hydrogen-bond donors (Lipinski definition) is 0. The number of carbonyl (C=O) groups excluding carboxylic acids is 1. The molecule has 0 N–H and O–H groups in total. The molecule has 0 radical (unpaired) electrons. The molecule has 3 aromatic heterocycles. The highest BCUT2D eigenvalue weighted by molar-refractivity contribution is 7.13. The van der Waals surface area contributed by atoms with Crippen molar-refractivity contribution in [1.82, 2.24) is 4.57 Å². The van der Waals surface area contributed by atoms with Gasteiger partial charge in [-0.05, 0) is 41.1 Å². The Balaban J connectivity index is 2.06. The van der Waals surface area contributed by atoms with Gasteiger partial charge in [-0.3, -0.25) is 4.79 Å². The van der Waals surface area contributed by atoms with E-state index in [9.17, 15) is 18.0 Å². The van der Waals surface area contributed by atoms with E-state index in [-0.39, 0.29) is 11.3 Å². The largest absolute Gasteiger partial charge is 0.431 e. The first-order valence-corrected chi connectivity index (χ1v) is 9.73. The van der Waals surface area contributed by atoms with Crippen LogP contribution in [-0.2, 0) is 6.18 Å². The van der Waals surface area contributed by atoms with Gasteiger partial charge in [-0.15, -0.1) is 22.7 Å². The monoisotopic (exact) mass is 403 g/mol. The van der Waals surface area contributed by atoms with Crippen LogP contribution >= 0.6 is 22.7 Å². The average Bonchev–Trinajstić information content (AvgIpc) is 3.40. The minimum atomic E-state index is -4.60. The zero-order chi connectivity index (χ0) is 19.0. The Morgan fingerprint density at radius 1 is 0.889 bits per heavy atom. The van der Waals surface area contributed by atoms with Crippen LogP contribution in [0.15, 0.2) is 71.4 Å². The molecule has 0 aliphatic heterocycles. The van der Waals surface area contributed by atoms with Gasteiger partial charge in [0.15, 0.2) is 0 Å². The van der Waals surface area contributed by atoms with E-state index in [2.05, 4.69) is 0 Å². The van der Waals surface area contributed by atoms with E-state index in [1.54, 1.807) is 65.4 Å². The predicted octanol–water partition coefficient (Wildman–Crippen LogP) is 6.52. The van der Waals surface area contributed by atoms with Crippen LogP contribution in [0.4, 0.5) is 13.2 Å². The summed E-state index contributed by atoms with van der Waals surface area (Å²) in [5.41, 5.74) is -0.187. The van der Waals surface area contributed by atoms with Crippen molar-refractivity contribution >= 4 is 28.5 Å². The lowest BCUT2D eigenvalue weighted by atomic mass is 10.1. The van der Waals surface area contributed by atoms with Crippen molar-refractivity contribution in [3.05, 3.63) is 87.6 Å². The van der Waals surface area contributed by atoms with E-state index >= 15 is 0 Å². The minimum absolute atomic E-state index is 0.0519. The number of halogens is 3. The SMILES string of the molecule is O=C(c1cccs1)c1cc(C(F)(F)F)n(-c2ccccc2)c1-c1cccs1. The molecule has 27 heavy (non-hydrogen) atoms. The number of carbonyl (C=O) groups is 1. The molecule has 0 aliphatic carbocycles. The third-order valence-electron chi connectivity index (χ3n) is 4.05. The Morgan fingerprint density at radius 3 is 2.19 bits per heavy atom. The molecule has 0 bridgehead atoms. The molecule has 0 saturated carbocycles. The molecule has 2 nitrogen and oxygen atoms in total. The van der Waals surface area contributed by atoms with Gasteiger partial charge in [0.1, 0.15) is 5.69 Å². The Morgan fingerprint density at radius 2 is 1.59 bits per heavy atom. The van der Waals surface area contributed by atoms with Crippen LogP contribution in [0.3, 0.4) is 0 Å². The summed E-state index contributed by atoms with van der Waals surface area (Å²) in [6.07, 6.45) is -4.60. The number of alkyl halides is 3. The number of hydrogen-bond acceptors (Lipinski definition) is 3. The second kappa shape index (κ2) is 6.83. The number of nitrogens with zero attached hydrogens (tertiary/aromatic N) is 1. The van der Waals surface area contributed by atoms with E-state index < -0.39 is 17.7 Å². The lowest BCUT2D eigenvalue weighted by Crippen LogP contribution is -2.12. The standard InChI is InChI=1S/C20H12F3NOS2/c21-20(22,23)17-12-14(19(25)16-9-5-11-27-16)18(15-8-4-10-26-15)24(17)13-6-2-1-3-7-13/h1-12H. The molecule has 4 rings (SSSR count). The molecular weight excluding hydrogens is 391 g/mol. The number of benzene rings is 1. The van der Waals surface area contributed by atoms with Gasteiger partial charge in [-0.2, -0.15) is 13.2 Å². The predicted molar refractivity (Wildman–Crippen MR) is 102 cm³/mol. The first-order valence-electron chi connectivity index (χ1n) is 7.97. The van der Waals surface area contributed by atoms with Crippen molar-refractivity contribution in [2.24, 2.45) is 0 Å². The molecule has 4 aromatic rings. The molecule has 0 amide bonds. The molecule has 0 aliphatic rings. The van der Waals surface area contributed by atoms with E-state index in [0.29, 0.717) is 15.4 Å². The van der Waals surface area contributed by atoms with Crippen LogP contribution in [0, 0.1) is 0 Å². The number of thiophene rings is 2. The number of rotatable bonds is 4. The summed E-state index contributed by atoms with van der Waals surface area (Å²) in [4.78, 5) is 14.0. The Bertz CT molecular complexity index is 1060. The summed E-state index contributed by atoms with van der Waals surface area (Å²) in [5, 5.41) is 3.52. The summed E-state index contributed by atoms with van der Waals surface area (Å²) in [6, 6.07) is 16.1. The van der Waals surface area contributed by atoms with Crippen molar-refractivity contribution < 1.29 is 18.0 Å². The zero-order valence-corrected chi connectivity index (χ0v) is 15.4.